The van der Waals surface area contributed by atoms with E-state index >= 15 is 0 Å². The van der Waals surface area contributed by atoms with Crippen LogP contribution in [-0.4, -0.2) is 24.9 Å². The van der Waals surface area contributed by atoms with Crippen molar-refractivity contribution in [3.05, 3.63) is 69.2 Å². The van der Waals surface area contributed by atoms with E-state index in [-0.39, 0.29) is 18.4 Å². The van der Waals surface area contributed by atoms with Crippen LogP contribution in [0.2, 0.25) is 10.0 Å². The van der Waals surface area contributed by atoms with E-state index in [9.17, 15) is 9.59 Å². The molecule has 0 unspecified atom stereocenters. The summed E-state index contributed by atoms with van der Waals surface area (Å²) < 4.78 is 0. The van der Waals surface area contributed by atoms with E-state index in [4.69, 9.17) is 23.2 Å². The molecule has 0 aliphatic carbocycles. The third kappa shape index (κ3) is 5.55. The highest BCUT2D eigenvalue weighted by Crippen LogP contribution is 2.19. The van der Waals surface area contributed by atoms with Gasteiger partial charge in [-0.05, 0) is 48.7 Å². The SMILES string of the molecule is Cc1ccccc1C(=O)NCC(=O)NCCc1cc(Cl)cc(Cl)c1. The van der Waals surface area contributed by atoms with Gasteiger partial charge in [0.2, 0.25) is 5.91 Å². The largest absolute Gasteiger partial charge is 0.354 e. The zero-order chi connectivity index (χ0) is 17.5. The molecule has 0 saturated carbocycles. The van der Waals surface area contributed by atoms with Gasteiger partial charge < -0.3 is 10.6 Å². The van der Waals surface area contributed by atoms with Crippen LogP contribution < -0.4 is 10.6 Å². The van der Waals surface area contributed by atoms with Gasteiger partial charge in [0, 0.05) is 22.2 Å². The molecule has 2 aromatic rings. The summed E-state index contributed by atoms with van der Waals surface area (Å²) in [7, 11) is 0. The zero-order valence-corrected chi connectivity index (χ0v) is 14.7. The van der Waals surface area contributed by atoms with Gasteiger partial charge in [0.25, 0.3) is 5.91 Å². The van der Waals surface area contributed by atoms with Gasteiger partial charge in [-0.25, -0.2) is 0 Å². The smallest absolute Gasteiger partial charge is 0.251 e. The lowest BCUT2D eigenvalue weighted by Gasteiger charge is -2.09. The molecule has 2 N–H and O–H groups in total. The minimum atomic E-state index is -0.259. The molecule has 2 rings (SSSR count). The number of nitrogens with one attached hydrogen (secondary N) is 2. The predicted molar refractivity (Wildman–Crippen MR) is 96.7 cm³/mol. The Kier molecular flexibility index (Phi) is 6.64. The molecule has 4 nitrogen and oxygen atoms in total. The second kappa shape index (κ2) is 8.71. The quantitative estimate of drug-likeness (QED) is 0.825. The van der Waals surface area contributed by atoms with Crippen molar-refractivity contribution in [2.24, 2.45) is 0 Å². The van der Waals surface area contributed by atoms with Crippen molar-refractivity contribution in [2.75, 3.05) is 13.1 Å². The van der Waals surface area contributed by atoms with Gasteiger partial charge in [-0.2, -0.15) is 0 Å². The van der Waals surface area contributed by atoms with Gasteiger partial charge in [-0.15, -0.1) is 0 Å². The Bertz CT molecular complexity index is 727. The highest BCUT2D eigenvalue weighted by atomic mass is 35.5. The van der Waals surface area contributed by atoms with Crippen LogP contribution in [0.1, 0.15) is 21.5 Å². The summed E-state index contributed by atoms with van der Waals surface area (Å²) in [5.74, 6) is -0.505. The highest BCUT2D eigenvalue weighted by Gasteiger charge is 2.09. The number of hydrogen-bond donors (Lipinski definition) is 2. The highest BCUT2D eigenvalue weighted by molar-refractivity contribution is 6.34. The summed E-state index contributed by atoms with van der Waals surface area (Å²) in [6, 6.07) is 12.5. The fraction of sp³-hybridized carbons (Fsp3) is 0.222. The van der Waals surface area contributed by atoms with Crippen molar-refractivity contribution in [3.63, 3.8) is 0 Å². The molecule has 6 heteroatoms. The van der Waals surface area contributed by atoms with Gasteiger partial charge in [-0.3, -0.25) is 9.59 Å². The topological polar surface area (TPSA) is 58.2 Å². The van der Waals surface area contributed by atoms with Crippen molar-refractivity contribution in [1.29, 1.82) is 0 Å². The minimum Gasteiger partial charge on any atom is -0.354 e. The maximum absolute atomic E-state index is 12.0. The van der Waals surface area contributed by atoms with Crippen LogP contribution in [-0.2, 0) is 11.2 Å². The Morgan fingerprint density at radius 2 is 1.67 bits per heavy atom. The molecule has 0 atom stereocenters. The van der Waals surface area contributed by atoms with Gasteiger partial charge in [0.05, 0.1) is 6.54 Å². The van der Waals surface area contributed by atoms with Crippen LogP contribution in [0.25, 0.3) is 0 Å². The van der Waals surface area contributed by atoms with E-state index in [1.807, 2.05) is 19.1 Å². The summed E-state index contributed by atoms with van der Waals surface area (Å²) in [6.07, 6.45) is 0.609. The van der Waals surface area contributed by atoms with Crippen molar-refractivity contribution < 1.29 is 9.59 Å². The fourth-order valence-electron chi connectivity index (χ4n) is 2.25. The zero-order valence-electron chi connectivity index (χ0n) is 13.2. The van der Waals surface area contributed by atoms with Gasteiger partial charge in [0.15, 0.2) is 0 Å². The van der Waals surface area contributed by atoms with Crippen LogP contribution in [0, 0.1) is 6.92 Å². The molecule has 0 fully saturated rings. The molecule has 0 spiro atoms. The number of rotatable bonds is 6. The first kappa shape index (κ1) is 18.3. The maximum Gasteiger partial charge on any atom is 0.251 e. The van der Waals surface area contributed by atoms with Gasteiger partial charge >= 0.3 is 0 Å². The second-order valence-electron chi connectivity index (χ2n) is 5.38. The maximum atomic E-state index is 12.0. The second-order valence-corrected chi connectivity index (χ2v) is 6.25. The monoisotopic (exact) mass is 364 g/mol. The van der Waals surface area contributed by atoms with E-state index in [1.165, 1.54) is 0 Å². The van der Waals surface area contributed by atoms with E-state index in [1.54, 1.807) is 30.3 Å². The number of carbonyl (C=O) groups is 2. The van der Waals surface area contributed by atoms with Crippen molar-refractivity contribution in [1.82, 2.24) is 10.6 Å². The van der Waals surface area contributed by atoms with E-state index in [0.717, 1.165) is 11.1 Å². The van der Waals surface area contributed by atoms with Crippen LogP contribution in [0.4, 0.5) is 0 Å². The van der Waals surface area contributed by atoms with Crippen LogP contribution in [0.5, 0.6) is 0 Å². The van der Waals surface area contributed by atoms with Crippen molar-refractivity contribution in [3.8, 4) is 0 Å². The molecule has 2 aromatic carbocycles. The average Bonchev–Trinajstić information content (AvgIpc) is 2.52. The van der Waals surface area contributed by atoms with Crippen LogP contribution in [0.15, 0.2) is 42.5 Å². The Morgan fingerprint density at radius 3 is 2.33 bits per heavy atom. The summed E-state index contributed by atoms with van der Waals surface area (Å²) in [4.78, 5) is 23.8. The van der Waals surface area contributed by atoms with E-state index < -0.39 is 0 Å². The molecule has 24 heavy (non-hydrogen) atoms. The average molecular weight is 365 g/mol. The molecule has 0 saturated heterocycles. The third-order valence-electron chi connectivity index (χ3n) is 3.46. The molecule has 0 heterocycles. The van der Waals surface area contributed by atoms with Crippen molar-refractivity contribution >= 4 is 35.0 Å². The lowest BCUT2D eigenvalue weighted by atomic mass is 10.1. The van der Waals surface area contributed by atoms with E-state index in [2.05, 4.69) is 10.6 Å². The normalized spacial score (nSPS) is 10.3. The lowest BCUT2D eigenvalue weighted by Crippen LogP contribution is -2.37. The van der Waals surface area contributed by atoms with E-state index in [0.29, 0.717) is 28.6 Å². The molecule has 0 radical (unpaired) electrons. The molecule has 126 valence electrons. The summed E-state index contributed by atoms with van der Waals surface area (Å²) in [5.41, 5.74) is 2.38. The van der Waals surface area contributed by atoms with Crippen LogP contribution >= 0.6 is 23.2 Å². The van der Waals surface area contributed by atoms with Gasteiger partial charge in [-0.1, -0.05) is 41.4 Å². The first-order valence-electron chi connectivity index (χ1n) is 7.51. The number of aryl methyl sites for hydroxylation is 1. The minimum absolute atomic E-state index is 0.0660. The van der Waals surface area contributed by atoms with Crippen molar-refractivity contribution in [2.45, 2.75) is 13.3 Å². The Labute approximate surface area is 151 Å². The van der Waals surface area contributed by atoms with Gasteiger partial charge in [0.1, 0.15) is 0 Å². The molecule has 0 bridgehead atoms. The number of amides is 2. The molecule has 2 amide bonds. The van der Waals surface area contributed by atoms with Crippen LogP contribution in [0.3, 0.4) is 0 Å². The summed E-state index contributed by atoms with van der Waals surface area (Å²) in [5, 5.41) is 6.49. The molecular weight excluding hydrogens is 347 g/mol. The number of carbonyl (C=O) groups excluding carboxylic acids is 2. The number of halogens is 2. The molecule has 0 aromatic heterocycles. The Morgan fingerprint density at radius 1 is 1.00 bits per heavy atom. The Balaban J connectivity index is 1.75. The standard InChI is InChI=1S/C18H18Cl2N2O2/c1-12-4-2-3-5-16(12)18(24)22-11-17(23)21-7-6-13-8-14(19)10-15(20)9-13/h2-5,8-10H,6-7,11H2,1H3,(H,21,23)(H,22,24). The molecule has 0 aliphatic rings. The third-order valence-corrected chi connectivity index (χ3v) is 3.89. The fourth-order valence-corrected chi connectivity index (χ4v) is 2.82. The summed E-state index contributed by atoms with van der Waals surface area (Å²) in [6.45, 7) is 2.23. The first-order chi connectivity index (χ1) is 11.5. The lowest BCUT2D eigenvalue weighted by molar-refractivity contribution is -0.120. The number of benzene rings is 2. The summed E-state index contributed by atoms with van der Waals surface area (Å²) >= 11 is 11.9. The molecular formula is C18H18Cl2N2O2. The number of hydrogen-bond acceptors (Lipinski definition) is 2. The first-order valence-corrected chi connectivity index (χ1v) is 8.27. The predicted octanol–water partition coefficient (Wildman–Crippen LogP) is 3.39. The Hall–Kier alpha value is -2.04. The molecule has 0 aliphatic heterocycles.